The van der Waals surface area contributed by atoms with E-state index in [0.29, 0.717) is 0 Å². The Morgan fingerprint density at radius 1 is 1.04 bits per heavy atom. The zero-order chi connectivity index (χ0) is 18.1. The van der Waals surface area contributed by atoms with Crippen molar-refractivity contribution in [3.05, 3.63) is 70.8 Å². The van der Waals surface area contributed by atoms with Gasteiger partial charge in [-0.3, -0.25) is 4.79 Å². The van der Waals surface area contributed by atoms with E-state index in [1.165, 1.54) is 0 Å². The average Bonchev–Trinajstić information content (AvgIpc) is 2.59. The third kappa shape index (κ3) is 5.76. The highest BCUT2D eigenvalue weighted by atomic mass is 16.4. The highest BCUT2D eigenvalue weighted by Gasteiger charge is 2.16. The summed E-state index contributed by atoms with van der Waals surface area (Å²) in [4.78, 5) is 11.3. The molecule has 0 heterocycles. The van der Waals surface area contributed by atoms with Gasteiger partial charge in [-0.25, -0.2) is 0 Å². The van der Waals surface area contributed by atoms with Gasteiger partial charge in [0, 0.05) is 0 Å². The topological polar surface area (TPSA) is 114 Å². The molecule has 5 N–H and O–H groups in total. The number of benzene rings is 2. The number of nitrogens with zero attached hydrogens (tertiary/aromatic N) is 2. The maximum absolute atomic E-state index is 11.3. The van der Waals surface area contributed by atoms with Crippen LogP contribution >= 0.6 is 0 Å². The summed E-state index contributed by atoms with van der Waals surface area (Å²) in [5.41, 5.74) is 3.87. The molecule has 0 aliphatic carbocycles. The van der Waals surface area contributed by atoms with Crippen LogP contribution in [-0.4, -0.2) is 23.5 Å². The van der Waals surface area contributed by atoms with Gasteiger partial charge in [-0.15, -0.1) is 0 Å². The van der Waals surface area contributed by atoms with E-state index >= 15 is 0 Å². The second-order valence-electron chi connectivity index (χ2n) is 5.80. The van der Waals surface area contributed by atoms with Crippen LogP contribution in [0.15, 0.2) is 58.7 Å². The zero-order valence-electron chi connectivity index (χ0n) is 13.9. The average molecular weight is 338 g/mol. The summed E-state index contributed by atoms with van der Waals surface area (Å²) in [6.45, 7) is 0. The van der Waals surface area contributed by atoms with Crippen molar-refractivity contribution in [3.8, 4) is 0 Å². The molecule has 0 radical (unpaired) electrons. The quantitative estimate of drug-likeness (QED) is 0.389. The number of nitrogens with two attached hydrogens (primary N) is 2. The minimum absolute atomic E-state index is 0.0766. The summed E-state index contributed by atoms with van der Waals surface area (Å²) in [5, 5.41) is 16.3. The van der Waals surface area contributed by atoms with Crippen LogP contribution in [0.1, 0.15) is 41.0 Å². The van der Waals surface area contributed by atoms with Gasteiger partial charge in [-0.2, -0.15) is 10.2 Å². The molecule has 0 bridgehead atoms. The Labute approximate surface area is 146 Å². The first-order chi connectivity index (χ1) is 12.1. The molecule has 25 heavy (non-hydrogen) atoms. The van der Waals surface area contributed by atoms with Crippen molar-refractivity contribution in [1.82, 2.24) is 0 Å². The van der Waals surface area contributed by atoms with E-state index in [0.717, 1.165) is 35.1 Å². The number of rotatable bonds is 8. The predicted octanol–water partition coefficient (Wildman–Crippen LogP) is 2.46. The van der Waals surface area contributed by atoms with Crippen LogP contribution in [0.5, 0.6) is 0 Å². The summed E-state index contributed by atoms with van der Waals surface area (Å²) in [7, 11) is 0. The lowest BCUT2D eigenvalue weighted by Crippen LogP contribution is -2.08. The minimum Gasteiger partial charge on any atom is -0.481 e. The molecule has 0 saturated heterocycles. The molecule has 1 atom stereocenters. The van der Waals surface area contributed by atoms with Crippen molar-refractivity contribution in [2.45, 2.75) is 25.2 Å². The molecule has 2 aromatic carbocycles. The number of aryl methyl sites for hydroxylation is 1. The third-order valence-corrected chi connectivity index (χ3v) is 3.98. The molecule has 0 fully saturated rings. The molecule has 0 aromatic heterocycles. The number of carboxylic acid groups (broad SMARTS) is 1. The molecule has 0 spiro atoms. The van der Waals surface area contributed by atoms with Crippen LogP contribution in [0.4, 0.5) is 0 Å². The molecular weight excluding hydrogens is 316 g/mol. The van der Waals surface area contributed by atoms with E-state index in [2.05, 4.69) is 10.2 Å². The van der Waals surface area contributed by atoms with Crippen LogP contribution in [0, 0.1) is 0 Å². The number of aliphatic carboxylic acids is 1. The van der Waals surface area contributed by atoms with Crippen molar-refractivity contribution >= 4 is 18.4 Å². The van der Waals surface area contributed by atoms with Crippen molar-refractivity contribution in [1.29, 1.82) is 0 Å². The molecule has 6 nitrogen and oxygen atoms in total. The molecule has 2 rings (SSSR count). The minimum atomic E-state index is -0.813. The molecule has 2 aromatic rings. The summed E-state index contributed by atoms with van der Waals surface area (Å²) < 4.78 is 0. The lowest BCUT2D eigenvalue weighted by atomic mass is 9.88. The lowest BCUT2D eigenvalue weighted by molar-refractivity contribution is -0.137. The third-order valence-electron chi connectivity index (χ3n) is 3.98. The van der Waals surface area contributed by atoms with Gasteiger partial charge in [0.1, 0.15) is 0 Å². The fourth-order valence-corrected chi connectivity index (χ4v) is 2.83. The lowest BCUT2D eigenvalue weighted by Gasteiger charge is -2.16. The summed E-state index contributed by atoms with van der Waals surface area (Å²) in [6.07, 6.45) is 4.70. The number of carboxylic acids is 1. The van der Waals surface area contributed by atoms with Gasteiger partial charge < -0.3 is 16.8 Å². The number of hydrazone groups is 2. The van der Waals surface area contributed by atoms with Gasteiger partial charge in [0.05, 0.1) is 18.9 Å². The van der Waals surface area contributed by atoms with Gasteiger partial charge in [0.25, 0.3) is 0 Å². The van der Waals surface area contributed by atoms with Crippen molar-refractivity contribution in [3.63, 3.8) is 0 Å². The van der Waals surface area contributed by atoms with Crippen LogP contribution in [0.25, 0.3) is 0 Å². The van der Waals surface area contributed by atoms with Crippen molar-refractivity contribution in [2.24, 2.45) is 21.9 Å². The van der Waals surface area contributed by atoms with E-state index in [1.807, 2.05) is 48.5 Å². The van der Waals surface area contributed by atoms with Gasteiger partial charge in [-0.05, 0) is 47.1 Å². The first-order valence-corrected chi connectivity index (χ1v) is 7.99. The van der Waals surface area contributed by atoms with Crippen LogP contribution in [0.3, 0.4) is 0 Å². The fourth-order valence-electron chi connectivity index (χ4n) is 2.83. The molecule has 0 saturated carbocycles. The maximum atomic E-state index is 11.3. The van der Waals surface area contributed by atoms with Gasteiger partial charge in [-0.1, -0.05) is 42.5 Å². The van der Waals surface area contributed by atoms with Gasteiger partial charge in [0.15, 0.2) is 0 Å². The first-order valence-electron chi connectivity index (χ1n) is 7.99. The molecule has 6 heteroatoms. The fraction of sp³-hybridized carbons (Fsp3) is 0.211. The summed E-state index contributed by atoms with van der Waals surface area (Å²) in [6, 6.07) is 15.5. The highest BCUT2D eigenvalue weighted by Crippen LogP contribution is 2.26. The van der Waals surface area contributed by atoms with E-state index in [-0.39, 0.29) is 12.3 Å². The normalized spacial score (nSPS) is 12.6. The summed E-state index contributed by atoms with van der Waals surface area (Å²) in [5.74, 6) is 9.48. The van der Waals surface area contributed by atoms with E-state index in [4.69, 9.17) is 11.7 Å². The standard InChI is InChI=1S/C19H22N4O2/c20-22-12-15-4-1-3-14(9-15)7-8-18(11-19(24)25)17-6-2-5-16(10-17)13-23-21/h1-6,9-10,12-13,18H,7-8,11,20-21H2,(H,24,25). The Morgan fingerprint density at radius 2 is 1.68 bits per heavy atom. The zero-order valence-corrected chi connectivity index (χ0v) is 13.9. The van der Waals surface area contributed by atoms with Crippen molar-refractivity contribution in [2.75, 3.05) is 0 Å². The highest BCUT2D eigenvalue weighted by molar-refractivity contribution is 5.80. The first kappa shape index (κ1) is 18.2. The van der Waals surface area contributed by atoms with Gasteiger partial charge in [0.2, 0.25) is 0 Å². The molecule has 0 amide bonds. The molecular formula is C19H22N4O2. The Morgan fingerprint density at radius 3 is 2.32 bits per heavy atom. The monoisotopic (exact) mass is 338 g/mol. The predicted molar refractivity (Wildman–Crippen MR) is 99.8 cm³/mol. The van der Waals surface area contributed by atoms with Crippen molar-refractivity contribution < 1.29 is 9.90 Å². The van der Waals surface area contributed by atoms with Gasteiger partial charge >= 0.3 is 5.97 Å². The Balaban J connectivity index is 2.16. The SMILES string of the molecule is NN=Cc1cccc(CCC(CC(=O)O)c2cccc(C=NN)c2)c1. The number of carbonyl (C=O) groups is 1. The second-order valence-corrected chi connectivity index (χ2v) is 5.80. The largest absolute Gasteiger partial charge is 0.481 e. The Kier molecular flexibility index (Phi) is 6.71. The Hall–Kier alpha value is -3.15. The van der Waals surface area contributed by atoms with Crippen LogP contribution < -0.4 is 11.7 Å². The second kappa shape index (κ2) is 9.22. The maximum Gasteiger partial charge on any atom is 0.303 e. The smallest absolute Gasteiger partial charge is 0.303 e. The van der Waals surface area contributed by atoms with Crippen LogP contribution in [-0.2, 0) is 11.2 Å². The molecule has 0 aliphatic heterocycles. The summed E-state index contributed by atoms with van der Waals surface area (Å²) >= 11 is 0. The Bertz CT molecular complexity index is 772. The molecule has 130 valence electrons. The number of hydrogen-bond donors (Lipinski definition) is 3. The molecule has 0 aliphatic rings. The van der Waals surface area contributed by atoms with E-state index in [9.17, 15) is 9.90 Å². The van der Waals surface area contributed by atoms with Crippen LogP contribution in [0.2, 0.25) is 0 Å². The number of hydrogen-bond acceptors (Lipinski definition) is 5. The molecule has 1 unspecified atom stereocenters. The van der Waals surface area contributed by atoms with E-state index in [1.54, 1.807) is 12.4 Å². The van der Waals surface area contributed by atoms with E-state index < -0.39 is 5.97 Å².